The van der Waals surface area contributed by atoms with Gasteiger partial charge in [-0.05, 0) is 64.1 Å². The van der Waals surface area contributed by atoms with Crippen molar-refractivity contribution in [3.63, 3.8) is 0 Å². The van der Waals surface area contributed by atoms with Crippen LogP contribution in [0, 0.1) is 11.6 Å². The fourth-order valence-corrected chi connectivity index (χ4v) is 5.22. The van der Waals surface area contributed by atoms with Crippen LogP contribution < -0.4 is 20.1 Å². The highest BCUT2D eigenvalue weighted by Gasteiger charge is 2.51. The number of hydrogen-bond acceptors (Lipinski definition) is 6. The fraction of sp³-hybridized carbons (Fsp3) is 0.409. The summed E-state index contributed by atoms with van der Waals surface area (Å²) in [5, 5.41) is 2.12. The number of fused-ring (bicyclic) bond motifs is 1. The summed E-state index contributed by atoms with van der Waals surface area (Å²) < 4.78 is 105. The molecule has 1 heterocycles. The third-order valence-electron chi connectivity index (χ3n) is 5.55. The second-order valence-electron chi connectivity index (χ2n) is 8.76. The van der Waals surface area contributed by atoms with Gasteiger partial charge in [0.05, 0.1) is 16.6 Å². The number of rotatable bonds is 5. The van der Waals surface area contributed by atoms with Crippen LogP contribution in [0.25, 0.3) is 0 Å². The zero-order chi connectivity index (χ0) is 27.2. The van der Waals surface area contributed by atoms with Crippen LogP contribution in [0.2, 0.25) is 0 Å². The molecule has 14 heteroatoms. The molecule has 0 saturated carbocycles. The van der Waals surface area contributed by atoms with Crippen LogP contribution in [-0.4, -0.2) is 44.5 Å². The molecule has 0 fully saturated rings. The Bertz CT molecular complexity index is 1270. The van der Waals surface area contributed by atoms with E-state index in [2.05, 4.69) is 10.1 Å². The molecule has 1 aliphatic heterocycles. The second kappa shape index (κ2) is 9.39. The van der Waals surface area contributed by atoms with Crippen LogP contribution in [0.15, 0.2) is 41.3 Å². The fourth-order valence-electron chi connectivity index (χ4n) is 3.54. The summed E-state index contributed by atoms with van der Waals surface area (Å²) in [6.07, 6.45) is -7.13. The lowest BCUT2D eigenvalue weighted by molar-refractivity contribution is -0.242. The summed E-state index contributed by atoms with van der Waals surface area (Å²) in [6, 6.07) is 4.14. The van der Waals surface area contributed by atoms with Gasteiger partial charge in [0.2, 0.25) is 5.60 Å². The number of carbonyl (C=O) groups is 1. The van der Waals surface area contributed by atoms with E-state index in [1.165, 1.54) is 19.1 Å². The minimum Gasteiger partial charge on any atom is -0.484 e. The van der Waals surface area contributed by atoms with E-state index in [1.54, 1.807) is 6.92 Å². The molecule has 0 aliphatic carbocycles. The lowest BCUT2D eigenvalue weighted by Crippen LogP contribution is -2.56. The van der Waals surface area contributed by atoms with Gasteiger partial charge in [0.1, 0.15) is 11.9 Å². The van der Waals surface area contributed by atoms with Gasteiger partial charge in [-0.2, -0.15) is 13.2 Å². The van der Waals surface area contributed by atoms with Crippen molar-refractivity contribution in [1.29, 1.82) is 0 Å². The Morgan fingerprint density at radius 2 is 1.78 bits per heavy atom. The average molecular weight is 538 g/mol. The minimum absolute atomic E-state index is 0.0242. The number of nitrogens with one attached hydrogen (secondary N) is 1. The first-order chi connectivity index (χ1) is 16.5. The number of anilines is 2. The molecule has 0 spiro atoms. The number of sulfonamides is 1. The topological polar surface area (TPSA) is 111 Å². The van der Waals surface area contributed by atoms with E-state index in [-0.39, 0.29) is 17.1 Å². The maximum absolute atomic E-state index is 13.9. The second-order valence-corrected chi connectivity index (χ2v) is 10.6. The lowest BCUT2D eigenvalue weighted by atomic mass is 10.0. The maximum Gasteiger partial charge on any atom is 0.427 e. The monoisotopic (exact) mass is 537 g/mol. The van der Waals surface area contributed by atoms with Crippen LogP contribution in [-0.2, 0) is 14.8 Å². The van der Waals surface area contributed by atoms with E-state index in [0.717, 1.165) is 16.4 Å². The van der Waals surface area contributed by atoms with Gasteiger partial charge in [-0.15, -0.1) is 0 Å². The predicted octanol–water partition coefficient (Wildman–Crippen LogP) is 4.55. The first-order valence-electron chi connectivity index (χ1n) is 10.6. The number of benzene rings is 2. The van der Waals surface area contributed by atoms with Gasteiger partial charge in [-0.1, -0.05) is 0 Å². The van der Waals surface area contributed by atoms with Crippen LogP contribution in [0.5, 0.6) is 5.75 Å². The summed E-state index contributed by atoms with van der Waals surface area (Å²) >= 11 is 0. The number of nitrogens with two attached hydrogens (primary N) is 1. The molecule has 3 atom stereocenters. The molecule has 1 aliphatic rings. The number of amides is 1. The molecular formula is C22H24F5N3O5S. The highest BCUT2D eigenvalue weighted by Crippen LogP contribution is 2.42. The quantitative estimate of drug-likeness (QED) is 0.542. The number of carbonyl (C=O) groups excluding carboxylic acids is 1. The van der Waals surface area contributed by atoms with Crippen molar-refractivity contribution in [2.45, 2.75) is 62.6 Å². The molecule has 2 aromatic rings. The van der Waals surface area contributed by atoms with Gasteiger partial charge in [0, 0.05) is 11.7 Å². The van der Waals surface area contributed by atoms with Crippen molar-refractivity contribution in [2.24, 2.45) is 5.73 Å². The van der Waals surface area contributed by atoms with Gasteiger partial charge in [0.25, 0.3) is 10.0 Å². The lowest BCUT2D eigenvalue weighted by Gasteiger charge is -2.42. The van der Waals surface area contributed by atoms with Gasteiger partial charge in [-0.3, -0.25) is 9.62 Å². The van der Waals surface area contributed by atoms with Gasteiger partial charge < -0.3 is 15.2 Å². The molecule has 0 aromatic heterocycles. The van der Waals surface area contributed by atoms with Crippen molar-refractivity contribution in [3.05, 3.63) is 48.0 Å². The van der Waals surface area contributed by atoms with Crippen molar-refractivity contribution < 1.29 is 44.6 Å². The SMILES string of the molecule is C[C@H](N)[C@@H]1Oc2ccc(NC(=O)OC(C)(C)C(F)(F)F)cc2N(S(=O)(=O)c2ccc(F)c(F)c2)[C@@H]1C. The zero-order valence-corrected chi connectivity index (χ0v) is 20.4. The van der Waals surface area contributed by atoms with Crippen molar-refractivity contribution in [3.8, 4) is 5.75 Å². The predicted molar refractivity (Wildman–Crippen MR) is 120 cm³/mol. The molecular weight excluding hydrogens is 513 g/mol. The van der Waals surface area contributed by atoms with Crippen LogP contribution in [0.3, 0.4) is 0 Å². The smallest absolute Gasteiger partial charge is 0.427 e. The van der Waals surface area contributed by atoms with E-state index in [1.807, 2.05) is 0 Å². The molecule has 198 valence electrons. The Labute approximate surface area is 204 Å². The van der Waals surface area contributed by atoms with Gasteiger partial charge in [-0.25, -0.2) is 22.0 Å². The first kappa shape index (κ1) is 27.5. The molecule has 3 N–H and O–H groups in total. The summed E-state index contributed by atoms with van der Waals surface area (Å²) in [6.45, 7) is 4.40. The third-order valence-corrected chi connectivity index (χ3v) is 7.44. The normalized spacial score (nSPS) is 19.2. The molecule has 0 bridgehead atoms. The van der Waals surface area contributed by atoms with Gasteiger partial charge in [0.15, 0.2) is 11.6 Å². The van der Waals surface area contributed by atoms with E-state index >= 15 is 0 Å². The molecule has 8 nitrogen and oxygen atoms in total. The number of alkyl halides is 3. The Hall–Kier alpha value is -3.13. The van der Waals surface area contributed by atoms with Crippen LogP contribution in [0.1, 0.15) is 27.7 Å². The van der Waals surface area contributed by atoms with Crippen LogP contribution in [0.4, 0.5) is 38.1 Å². The number of ether oxygens (including phenoxy) is 2. The number of nitrogens with zero attached hydrogens (tertiary/aromatic N) is 1. The molecule has 3 rings (SSSR count). The summed E-state index contributed by atoms with van der Waals surface area (Å²) in [4.78, 5) is 11.6. The molecule has 36 heavy (non-hydrogen) atoms. The Balaban J connectivity index is 2.04. The maximum atomic E-state index is 13.9. The highest BCUT2D eigenvalue weighted by molar-refractivity contribution is 7.92. The van der Waals surface area contributed by atoms with Gasteiger partial charge >= 0.3 is 12.3 Å². The van der Waals surface area contributed by atoms with E-state index < -0.39 is 62.6 Å². The number of halogens is 5. The Morgan fingerprint density at radius 1 is 1.14 bits per heavy atom. The van der Waals surface area contributed by atoms with Crippen molar-refractivity contribution in [2.75, 3.05) is 9.62 Å². The molecule has 0 radical (unpaired) electrons. The standard InChI is InChI=1S/C22H24F5N3O5S/c1-11(28)19-12(2)30(36(32,33)14-6-7-15(23)16(24)10-14)17-9-13(5-8-18(17)34-19)29-20(31)35-21(3,4)22(25,26)27/h5-12,19H,28H2,1-4H3,(H,29,31)/t11-,12+,19-/m0/s1. The zero-order valence-electron chi connectivity index (χ0n) is 19.6. The average Bonchev–Trinajstić information content (AvgIpc) is 2.73. The van der Waals surface area contributed by atoms with E-state index in [4.69, 9.17) is 10.5 Å². The van der Waals surface area contributed by atoms with E-state index in [9.17, 15) is 35.2 Å². The Morgan fingerprint density at radius 3 is 2.33 bits per heavy atom. The minimum atomic E-state index is -4.84. The molecule has 0 saturated heterocycles. The first-order valence-corrected chi connectivity index (χ1v) is 12.0. The highest BCUT2D eigenvalue weighted by atomic mass is 32.2. The molecule has 0 unspecified atom stereocenters. The summed E-state index contributed by atoms with van der Waals surface area (Å²) in [5.74, 6) is -2.60. The third kappa shape index (κ3) is 5.19. The van der Waals surface area contributed by atoms with E-state index in [0.29, 0.717) is 26.0 Å². The summed E-state index contributed by atoms with van der Waals surface area (Å²) in [7, 11) is -4.53. The molecule has 1 amide bonds. The van der Waals surface area contributed by atoms with Crippen molar-refractivity contribution >= 4 is 27.5 Å². The summed E-state index contributed by atoms with van der Waals surface area (Å²) in [5.41, 5.74) is 2.95. The number of hydrogen-bond donors (Lipinski definition) is 2. The largest absolute Gasteiger partial charge is 0.484 e. The Kier molecular flexibility index (Phi) is 7.16. The van der Waals surface area contributed by atoms with Crippen molar-refractivity contribution in [1.82, 2.24) is 0 Å². The van der Waals surface area contributed by atoms with Crippen LogP contribution >= 0.6 is 0 Å². The molecule has 2 aromatic carbocycles.